The van der Waals surface area contributed by atoms with E-state index in [2.05, 4.69) is 4.98 Å². The second-order valence-electron chi connectivity index (χ2n) is 8.05. The van der Waals surface area contributed by atoms with Crippen molar-refractivity contribution >= 4 is 5.91 Å². The molecular weight excluding hydrogens is 378 g/mol. The van der Waals surface area contributed by atoms with E-state index in [1.54, 1.807) is 37.7 Å². The van der Waals surface area contributed by atoms with Crippen LogP contribution in [0, 0.1) is 5.92 Å². The fourth-order valence-corrected chi connectivity index (χ4v) is 4.87. The Morgan fingerprint density at radius 1 is 1.00 bits per heavy atom. The van der Waals surface area contributed by atoms with Crippen LogP contribution in [0.1, 0.15) is 28.4 Å². The molecule has 5 rings (SSSR count). The van der Waals surface area contributed by atoms with Gasteiger partial charge in [-0.15, -0.1) is 0 Å². The van der Waals surface area contributed by atoms with Gasteiger partial charge in [0, 0.05) is 60.8 Å². The van der Waals surface area contributed by atoms with Crippen LogP contribution in [0.25, 0.3) is 11.1 Å². The molecule has 0 N–H and O–H groups in total. The van der Waals surface area contributed by atoms with Gasteiger partial charge in [0.05, 0.1) is 7.11 Å². The first-order valence-corrected chi connectivity index (χ1v) is 10.2. The first-order valence-electron chi connectivity index (χ1n) is 10.2. The Morgan fingerprint density at radius 3 is 2.50 bits per heavy atom. The molecule has 1 aromatic carbocycles. The zero-order valence-electron chi connectivity index (χ0n) is 16.8. The Hall–Kier alpha value is -3.41. The Morgan fingerprint density at radius 2 is 1.77 bits per heavy atom. The van der Waals surface area contributed by atoms with Crippen LogP contribution >= 0.6 is 0 Å². The zero-order chi connectivity index (χ0) is 20.7. The third kappa shape index (κ3) is 3.18. The topological polar surface area (TPSA) is 64.4 Å². The molecule has 1 saturated heterocycles. The van der Waals surface area contributed by atoms with Crippen molar-refractivity contribution in [3.63, 3.8) is 0 Å². The predicted molar refractivity (Wildman–Crippen MR) is 114 cm³/mol. The summed E-state index contributed by atoms with van der Waals surface area (Å²) in [6, 6.07) is 15.0. The van der Waals surface area contributed by atoms with E-state index in [4.69, 9.17) is 4.74 Å². The molecule has 2 aliphatic heterocycles. The van der Waals surface area contributed by atoms with Gasteiger partial charge < -0.3 is 14.2 Å². The van der Waals surface area contributed by atoms with Gasteiger partial charge in [0.15, 0.2) is 0 Å². The van der Waals surface area contributed by atoms with E-state index in [0.29, 0.717) is 25.2 Å². The molecule has 1 amide bonds. The van der Waals surface area contributed by atoms with Crippen molar-refractivity contribution in [2.24, 2.45) is 5.92 Å². The van der Waals surface area contributed by atoms with Crippen molar-refractivity contribution < 1.29 is 9.53 Å². The lowest BCUT2D eigenvalue weighted by Gasteiger charge is -2.43. The highest BCUT2D eigenvalue weighted by Crippen LogP contribution is 2.40. The van der Waals surface area contributed by atoms with E-state index in [1.165, 1.54) is 0 Å². The van der Waals surface area contributed by atoms with Crippen molar-refractivity contribution in [2.45, 2.75) is 18.9 Å². The molecule has 30 heavy (non-hydrogen) atoms. The highest BCUT2D eigenvalue weighted by molar-refractivity contribution is 5.94. The van der Waals surface area contributed by atoms with E-state index in [1.807, 2.05) is 39.8 Å². The van der Waals surface area contributed by atoms with Gasteiger partial charge in [0.1, 0.15) is 5.75 Å². The number of hydrogen-bond acceptors (Lipinski definition) is 4. The van der Waals surface area contributed by atoms with Crippen LogP contribution in [-0.4, -0.2) is 40.6 Å². The molecular formula is C24H23N3O3. The van der Waals surface area contributed by atoms with E-state index in [0.717, 1.165) is 29.0 Å². The summed E-state index contributed by atoms with van der Waals surface area (Å²) in [6.07, 6.45) is 4.29. The number of pyridine rings is 2. The first kappa shape index (κ1) is 18.6. The summed E-state index contributed by atoms with van der Waals surface area (Å²) in [5, 5.41) is 0. The molecule has 2 aliphatic rings. The summed E-state index contributed by atoms with van der Waals surface area (Å²) in [4.78, 5) is 31.7. The lowest BCUT2D eigenvalue weighted by Crippen LogP contribution is -2.49. The third-order valence-electron chi connectivity index (χ3n) is 6.21. The molecule has 3 aromatic rings. The normalized spacial score (nSPS) is 19.8. The highest BCUT2D eigenvalue weighted by Gasteiger charge is 2.38. The third-order valence-corrected chi connectivity index (χ3v) is 6.21. The molecule has 2 atom stereocenters. The lowest BCUT2D eigenvalue weighted by molar-refractivity contribution is 0.0595. The van der Waals surface area contributed by atoms with Crippen LogP contribution in [0.4, 0.5) is 0 Å². The monoisotopic (exact) mass is 401 g/mol. The molecule has 1 fully saturated rings. The molecule has 0 aliphatic carbocycles. The number of carbonyl (C=O) groups excluding carboxylic acids is 1. The zero-order valence-corrected chi connectivity index (χ0v) is 16.8. The van der Waals surface area contributed by atoms with E-state index >= 15 is 0 Å². The summed E-state index contributed by atoms with van der Waals surface area (Å²) in [5.74, 6) is 1.25. The largest absolute Gasteiger partial charge is 0.497 e. The summed E-state index contributed by atoms with van der Waals surface area (Å²) < 4.78 is 7.20. The van der Waals surface area contributed by atoms with Crippen LogP contribution in [0.15, 0.2) is 65.7 Å². The van der Waals surface area contributed by atoms with Crippen molar-refractivity contribution in [3.8, 4) is 16.9 Å². The van der Waals surface area contributed by atoms with Crippen LogP contribution in [0.2, 0.25) is 0 Å². The second kappa shape index (κ2) is 7.44. The SMILES string of the molecule is COc1ccc(-c2ccc(=O)n3c2C2CC(CN(C(=O)c4ccncc4)C2)C3)cc1. The molecule has 2 aromatic heterocycles. The maximum atomic E-state index is 13.1. The maximum Gasteiger partial charge on any atom is 0.253 e. The number of nitrogens with zero attached hydrogens (tertiary/aromatic N) is 3. The minimum atomic E-state index is 0.0322. The molecule has 2 bridgehead atoms. The van der Waals surface area contributed by atoms with Gasteiger partial charge in [-0.3, -0.25) is 14.6 Å². The van der Waals surface area contributed by atoms with Gasteiger partial charge in [-0.2, -0.15) is 0 Å². The standard InChI is InChI=1S/C24H23N3O3/c1-30-20-4-2-17(3-5-20)21-6-7-22(28)27-14-16-12-19(23(21)27)15-26(13-16)24(29)18-8-10-25-11-9-18/h2-11,16,19H,12-15H2,1H3. The second-order valence-corrected chi connectivity index (χ2v) is 8.05. The molecule has 0 spiro atoms. The molecule has 152 valence electrons. The van der Waals surface area contributed by atoms with E-state index in [-0.39, 0.29) is 23.3 Å². The van der Waals surface area contributed by atoms with E-state index < -0.39 is 0 Å². The Kier molecular flexibility index (Phi) is 4.62. The van der Waals surface area contributed by atoms with Gasteiger partial charge in [-0.05, 0) is 48.2 Å². The van der Waals surface area contributed by atoms with Crippen LogP contribution < -0.4 is 10.3 Å². The molecule has 4 heterocycles. The number of likely N-dealkylation sites (tertiary alicyclic amines) is 1. The molecule has 6 heteroatoms. The molecule has 6 nitrogen and oxygen atoms in total. The average molecular weight is 401 g/mol. The Labute approximate surface area is 174 Å². The van der Waals surface area contributed by atoms with Crippen LogP contribution in [-0.2, 0) is 6.54 Å². The molecule has 2 unspecified atom stereocenters. The van der Waals surface area contributed by atoms with Gasteiger partial charge in [0.25, 0.3) is 11.5 Å². The fraction of sp³-hybridized carbons (Fsp3) is 0.292. The summed E-state index contributed by atoms with van der Waals surface area (Å²) in [6.45, 7) is 1.94. The van der Waals surface area contributed by atoms with Gasteiger partial charge in [-0.1, -0.05) is 12.1 Å². The van der Waals surface area contributed by atoms with Crippen molar-refractivity contribution in [1.29, 1.82) is 0 Å². The summed E-state index contributed by atoms with van der Waals surface area (Å²) in [7, 11) is 1.65. The summed E-state index contributed by atoms with van der Waals surface area (Å²) >= 11 is 0. The minimum Gasteiger partial charge on any atom is -0.497 e. The maximum absolute atomic E-state index is 13.1. The van der Waals surface area contributed by atoms with Crippen LogP contribution in [0.5, 0.6) is 5.75 Å². The smallest absolute Gasteiger partial charge is 0.253 e. The number of ether oxygens (including phenoxy) is 1. The van der Waals surface area contributed by atoms with Gasteiger partial charge in [0.2, 0.25) is 0 Å². The van der Waals surface area contributed by atoms with Gasteiger partial charge in [-0.25, -0.2) is 0 Å². The summed E-state index contributed by atoms with van der Waals surface area (Å²) in [5.41, 5.74) is 3.84. The highest BCUT2D eigenvalue weighted by atomic mass is 16.5. The number of aromatic nitrogens is 2. The van der Waals surface area contributed by atoms with Crippen LogP contribution in [0.3, 0.4) is 0 Å². The number of benzene rings is 1. The van der Waals surface area contributed by atoms with Crippen molar-refractivity contribution in [2.75, 3.05) is 20.2 Å². The number of methoxy groups -OCH3 is 1. The lowest BCUT2D eigenvalue weighted by atomic mass is 9.80. The number of amides is 1. The quantitative estimate of drug-likeness (QED) is 0.676. The Balaban J connectivity index is 1.53. The van der Waals surface area contributed by atoms with Crippen molar-refractivity contribution in [3.05, 3.63) is 82.5 Å². The van der Waals surface area contributed by atoms with Gasteiger partial charge >= 0.3 is 0 Å². The number of fused-ring (bicyclic) bond motifs is 4. The average Bonchev–Trinajstić information content (AvgIpc) is 2.80. The fourth-order valence-electron chi connectivity index (χ4n) is 4.87. The molecule has 0 saturated carbocycles. The number of carbonyl (C=O) groups is 1. The number of piperidine rings is 1. The number of hydrogen-bond donors (Lipinski definition) is 0. The molecule has 0 radical (unpaired) electrons. The first-order chi connectivity index (χ1) is 14.6. The number of rotatable bonds is 3. The Bertz CT molecular complexity index is 1140. The van der Waals surface area contributed by atoms with E-state index in [9.17, 15) is 9.59 Å². The van der Waals surface area contributed by atoms with Crippen molar-refractivity contribution in [1.82, 2.24) is 14.5 Å². The predicted octanol–water partition coefficient (Wildman–Crippen LogP) is 3.18. The minimum absolute atomic E-state index is 0.0322.